The first-order valence-corrected chi connectivity index (χ1v) is 8.70. The summed E-state index contributed by atoms with van der Waals surface area (Å²) in [6, 6.07) is 18.9. The zero-order chi connectivity index (χ0) is 15.4. The molecule has 0 spiro atoms. The second-order valence-corrected chi connectivity index (χ2v) is 6.95. The van der Waals surface area contributed by atoms with Gasteiger partial charge >= 0.3 is 0 Å². The molecule has 0 aliphatic heterocycles. The summed E-state index contributed by atoms with van der Waals surface area (Å²) in [7, 11) is 0. The number of benzene rings is 2. The van der Waals surface area contributed by atoms with E-state index >= 15 is 0 Å². The Morgan fingerprint density at radius 2 is 1.14 bits per heavy atom. The van der Waals surface area contributed by atoms with Crippen LogP contribution in [0, 0.1) is 0 Å². The zero-order valence-corrected chi connectivity index (χ0v) is 15.1. The third kappa shape index (κ3) is 3.84. The lowest BCUT2D eigenvalue weighted by atomic mass is 10.0. The Labute approximate surface area is 147 Å². The Bertz CT molecular complexity index is 721. The first-order chi connectivity index (χ1) is 10.7. The fourth-order valence-electron chi connectivity index (χ4n) is 2.46. The third-order valence-electron chi connectivity index (χ3n) is 3.56. The summed E-state index contributed by atoms with van der Waals surface area (Å²) in [5.74, 6) is 0. The van der Waals surface area contributed by atoms with E-state index in [0.29, 0.717) is 0 Å². The highest BCUT2D eigenvalue weighted by atomic mass is 79.9. The predicted octanol–water partition coefficient (Wildman–Crippen LogP) is 5.79. The second kappa shape index (κ2) is 7.21. The predicted molar refractivity (Wildman–Crippen MR) is 98.1 cm³/mol. The van der Waals surface area contributed by atoms with Crippen LogP contribution in [0.2, 0.25) is 0 Å². The van der Waals surface area contributed by atoms with E-state index in [1.807, 2.05) is 24.5 Å². The molecule has 0 fully saturated rings. The Balaban J connectivity index is 1.81. The Kier molecular flexibility index (Phi) is 5.06. The molecule has 0 aliphatic rings. The molecule has 1 heterocycles. The van der Waals surface area contributed by atoms with Crippen molar-refractivity contribution in [3.05, 3.63) is 98.2 Å². The van der Waals surface area contributed by atoms with Crippen molar-refractivity contribution in [1.29, 1.82) is 0 Å². The van der Waals surface area contributed by atoms with Crippen LogP contribution in [0.25, 0.3) is 0 Å². The topological polar surface area (TPSA) is 12.9 Å². The SMILES string of the molecule is Brc1ccccc1Cc1cncc(Cc2ccccc2Br)c1. The van der Waals surface area contributed by atoms with Gasteiger partial charge in [0.15, 0.2) is 0 Å². The highest BCUT2D eigenvalue weighted by Crippen LogP contribution is 2.22. The minimum Gasteiger partial charge on any atom is -0.264 e. The molecule has 0 aliphatic carbocycles. The van der Waals surface area contributed by atoms with Crippen LogP contribution in [0.5, 0.6) is 0 Å². The van der Waals surface area contributed by atoms with Crippen LogP contribution in [0.15, 0.2) is 75.9 Å². The molecule has 1 nitrogen and oxygen atoms in total. The fraction of sp³-hybridized carbons (Fsp3) is 0.105. The Hall–Kier alpha value is -1.45. The molecule has 3 rings (SSSR count). The summed E-state index contributed by atoms with van der Waals surface area (Å²) < 4.78 is 2.29. The van der Waals surface area contributed by atoms with Crippen LogP contribution in [-0.4, -0.2) is 4.98 Å². The van der Waals surface area contributed by atoms with E-state index in [1.165, 1.54) is 22.3 Å². The van der Waals surface area contributed by atoms with E-state index in [9.17, 15) is 0 Å². The molecule has 0 radical (unpaired) electrons. The van der Waals surface area contributed by atoms with Crippen molar-refractivity contribution in [1.82, 2.24) is 4.98 Å². The average molecular weight is 417 g/mol. The van der Waals surface area contributed by atoms with E-state index in [2.05, 4.69) is 79.3 Å². The molecular weight excluding hydrogens is 402 g/mol. The van der Waals surface area contributed by atoms with Crippen LogP contribution in [-0.2, 0) is 12.8 Å². The average Bonchev–Trinajstić information content (AvgIpc) is 2.52. The van der Waals surface area contributed by atoms with Crippen LogP contribution < -0.4 is 0 Å². The molecule has 0 saturated heterocycles. The maximum Gasteiger partial charge on any atom is 0.0303 e. The normalized spacial score (nSPS) is 10.6. The Morgan fingerprint density at radius 3 is 1.59 bits per heavy atom. The maximum absolute atomic E-state index is 4.41. The highest BCUT2D eigenvalue weighted by Gasteiger charge is 2.05. The maximum atomic E-state index is 4.41. The largest absolute Gasteiger partial charge is 0.264 e. The van der Waals surface area contributed by atoms with Crippen molar-refractivity contribution in [3.63, 3.8) is 0 Å². The lowest BCUT2D eigenvalue weighted by Gasteiger charge is -2.08. The molecule has 2 aromatic carbocycles. The minimum atomic E-state index is 0.887. The molecule has 22 heavy (non-hydrogen) atoms. The number of pyridine rings is 1. The van der Waals surface area contributed by atoms with Crippen molar-refractivity contribution in [3.8, 4) is 0 Å². The van der Waals surface area contributed by atoms with Crippen LogP contribution in [0.4, 0.5) is 0 Å². The number of hydrogen-bond acceptors (Lipinski definition) is 1. The van der Waals surface area contributed by atoms with Crippen molar-refractivity contribution in [2.24, 2.45) is 0 Å². The van der Waals surface area contributed by atoms with Crippen molar-refractivity contribution in [2.45, 2.75) is 12.8 Å². The Morgan fingerprint density at radius 1 is 0.682 bits per heavy atom. The van der Waals surface area contributed by atoms with Crippen molar-refractivity contribution in [2.75, 3.05) is 0 Å². The summed E-state index contributed by atoms with van der Waals surface area (Å²) in [6.07, 6.45) is 5.67. The number of rotatable bonds is 4. The van der Waals surface area contributed by atoms with Gasteiger partial charge in [-0.3, -0.25) is 4.98 Å². The first-order valence-electron chi connectivity index (χ1n) is 7.12. The smallest absolute Gasteiger partial charge is 0.0303 e. The molecule has 3 aromatic rings. The number of nitrogens with zero attached hydrogens (tertiary/aromatic N) is 1. The quantitative estimate of drug-likeness (QED) is 0.524. The molecule has 110 valence electrons. The third-order valence-corrected chi connectivity index (χ3v) is 5.10. The monoisotopic (exact) mass is 415 g/mol. The molecule has 1 aromatic heterocycles. The van der Waals surface area contributed by atoms with Gasteiger partial charge in [-0.2, -0.15) is 0 Å². The fourth-order valence-corrected chi connectivity index (χ4v) is 3.31. The van der Waals surface area contributed by atoms with Gasteiger partial charge in [0.25, 0.3) is 0 Å². The van der Waals surface area contributed by atoms with Gasteiger partial charge in [0.05, 0.1) is 0 Å². The van der Waals surface area contributed by atoms with Crippen LogP contribution >= 0.6 is 31.9 Å². The number of aromatic nitrogens is 1. The molecule has 0 unspecified atom stereocenters. The first kappa shape index (κ1) is 15.4. The summed E-state index contributed by atoms with van der Waals surface area (Å²) in [6.45, 7) is 0. The van der Waals surface area contributed by atoms with Crippen molar-refractivity contribution >= 4 is 31.9 Å². The lowest BCUT2D eigenvalue weighted by molar-refractivity contribution is 1.08. The van der Waals surface area contributed by atoms with Gasteiger partial charge in [0, 0.05) is 34.2 Å². The summed E-state index contributed by atoms with van der Waals surface area (Å²) >= 11 is 7.22. The van der Waals surface area contributed by atoms with E-state index in [1.54, 1.807) is 0 Å². The molecular formula is C19H15Br2N. The molecule has 0 bridgehead atoms. The zero-order valence-electron chi connectivity index (χ0n) is 12.0. The molecule has 0 N–H and O–H groups in total. The molecule has 0 saturated carbocycles. The number of hydrogen-bond donors (Lipinski definition) is 0. The van der Waals surface area contributed by atoms with Gasteiger partial charge in [-0.25, -0.2) is 0 Å². The van der Waals surface area contributed by atoms with E-state index < -0.39 is 0 Å². The second-order valence-electron chi connectivity index (χ2n) is 5.24. The lowest BCUT2D eigenvalue weighted by Crippen LogP contribution is -1.95. The van der Waals surface area contributed by atoms with E-state index in [4.69, 9.17) is 0 Å². The van der Waals surface area contributed by atoms with Gasteiger partial charge in [0.2, 0.25) is 0 Å². The van der Waals surface area contributed by atoms with E-state index in [-0.39, 0.29) is 0 Å². The van der Waals surface area contributed by atoms with Gasteiger partial charge in [0.1, 0.15) is 0 Å². The molecule has 0 amide bonds. The molecule has 0 atom stereocenters. The van der Waals surface area contributed by atoms with Crippen LogP contribution in [0.3, 0.4) is 0 Å². The van der Waals surface area contributed by atoms with Gasteiger partial charge < -0.3 is 0 Å². The van der Waals surface area contributed by atoms with Gasteiger partial charge in [-0.1, -0.05) is 74.3 Å². The summed E-state index contributed by atoms with van der Waals surface area (Å²) in [5.41, 5.74) is 5.03. The van der Waals surface area contributed by atoms with Gasteiger partial charge in [-0.05, 0) is 34.4 Å². The summed E-state index contributed by atoms with van der Waals surface area (Å²) in [5, 5.41) is 0. The summed E-state index contributed by atoms with van der Waals surface area (Å²) in [4.78, 5) is 4.41. The standard InChI is InChI=1S/C19H15Br2N/c20-18-7-3-1-5-16(18)10-14-9-15(13-22-12-14)11-17-6-2-4-8-19(17)21/h1-9,12-13H,10-11H2. The van der Waals surface area contributed by atoms with Crippen LogP contribution in [0.1, 0.15) is 22.3 Å². The van der Waals surface area contributed by atoms with Crippen molar-refractivity contribution < 1.29 is 0 Å². The molecule has 3 heteroatoms. The highest BCUT2D eigenvalue weighted by molar-refractivity contribution is 9.10. The van der Waals surface area contributed by atoms with Gasteiger partial charge in [-0.15, -0.1) is 0 Å². The van der Waals surface area contributed by atoms with E-state index in [0.717, 1.165) is 21.8 Å². The number of halogens is 2. The minimum absolute atomic E-state index is 0.887.